The van der Waals surface area contributed by atoms with Crippen molar-refractivity contribution in [3.63, 3.8) is 0 Å². The number of aliphatic hydroxyl groups is 2. The number of allylic oxidation sites excluding steroid dienone is 3. The molecule has 1 saturated heterocycles. The van der Waals surface area contributed by atoms with E-state index in [2.05, 4.69) is 0 Å². The molecule has 0 bridgehead atoms. The molecule has 4 N–H and O–H groups in total. The average molecular weight is 388 g/mol. The molecule has 1 fully saturated rings. The SMILES string of the molecule is COc1c(O)c2c3c(c1O)C(=O)[C@@]1(O)C(=C3C(C)=C(O)C2=O)O[C@@H](C)C1(C)C. The number of hydrogen-bond donors (Lipinski definition) is 4. The second-order valence-corrected chi connectivity index (χ2v) is 7.88. The predicted molar refractivity (Wildman–Crippen MR) is 96.5 cm³/mol. The number of carbonyl (C=O) groups is 2. The molecular weight excluding hydrogens is 368 g/mol. The van der Waals surface area contributed by atoms with Crippen LogP contribution in [0.15, 0.2) is 17.1 Å². The number of aromatic hydroxyl groups is 2. The van der Waals surface area contributed by atoms with Crippen LogP contribution in [0.25, 0.3) is 5.57 Å². The number of phenolic OH excluding ortho intramolecular Hbond substituents is 2. The minimum Gasteiger partial charge on any atom is -0.504 e. The number of hydrogen-bond acceptors (Lipinski definition) is 8. The number of phenols is 2. The van der Waals surface area contributed by atoms with Crippen molar-refractivity contribution in [1.29, 1.82) is 0 Å². The smallest absolute Gasteiger partial charge is 0.232 e. The third kappa shape index (κ3) is 1.66. The zero-order valence-corrected chi connectivity index (χ0v) is 16.0. The van der Waals surface area contributed by atoms with Gasteiger partial charge in [0.15, 0.2) is 22.9 Å². The fourth-order valence-electron chi connectivity index (χ4n) is 4.28. The molecule has 0 saturated carbocycles. The Bertz CT molecular complexity index is 1060. The van der Waals surface area contributed by atoms with Crippen LogP contribution < -0.4 is 4.74 Å². The summed E-state index contributed by atoms with van der Waals surface area (Å²) in [6.45, 7) is 6.43. The summed E-state index contributed by atoms with van der Waals surface area (Å²) in [5.41, 5.74) is -3.86. The van der Waals surface area contributed by atoms with Crippen molar-refractivity contribution in [1.82, 2.24) is 0 Å². The highest BCUT2D eigenvalue weighted by molar-refractivity contribution is 6.25. The molecule has 0 unspecified atom stereocenters. The van der Waals surface area contributed by atoms with Gasteiger partial charge in [-0.15, -0.1) is 0 Å². The maximum atomic E-state index is 13.5. The van der Waals surface area contributed by atoms with Gasteiger partial charge in [0.05, 0.1) is 18.2 Å². The number of methoxy groups -OCH3 is 1. The fourth-order valence-corrected chi connectivity index (χ4v) is 4.28. The van der Waals surface area contributed by atoms with Gasteiger partial charge in [-0.05, 0) is 13.8 Å². The highest BCUT2D eigenvalue weighted by atomic mass is 16.5. The van der Waals surface area contributed by atoms with E-state index < -0.39 is 51.7 Å². The normalized spacial score (nSPS) is 27.6. The highest BCUT2D eigenvalue weighted by Gasteiger charge is 2.66. The first kappa shape index (κ1) is 18.4. The van der Waals surface area contributed by atoms with Crippen LogP contribution in [0.1, 0.15) is 54.0 Å². The molecule has 1 heterocycles. The van der Waals surface area contributed by atoms with Crippen LogP contribution >= 0.6 is 0 Å². The molecule has 28 heavy (non-hydrogen) atoms. The highest BCUT2D eigenvalue weighted by Crippen LogP contribution is 2.61. The molecule has 3 aliphatic rings. The lowest BCUT2D eigenvalue weighted by molar-refractivity contribution is -0.00672. The number of benzene rings is 1. The maximum Gasteiger partial charge on any atom is 0.232 e. The molecule has 1 aromatic carbocycles. The summed E-state index contributed by atoms with van der Waals surface area (Å²) in [6.07, 6.45) is -0.591. The fraction of sp³-hybridized carbons (Fsp3) is 0.400. The molecule has 148 valence electrons. The quantitative estimate of drug-likeness (QED) is 0.575. The van der Waals surface area contributed by atoms with Gasteiger partial charge in [0.1, 0.15) is 11.9 Å². The Balaban J connectivity index is 2.28. The Morgan fingerprint density at radius 3 is 2.18 bits per heavy atom. The van der Waals surface area contributed by atoms with Gasteiger partial charge in [-0.25, -0.2) is 0 Å². The standard InChI is InChI=1S/C20H20O8/c1-6-8-9-10(13(22)12(6)21)14(23)16(27-5)15(24)11(9)17(25)20(26)18(8)28-7(2)19(20,3)4/h7,21,23-24,26H,1-5H3/t7-,20+/m0/s1. The predicted octanol–water partition coefficient (Wildman–Crippen LogP) is 2.22. The molecular formula is C20H20O8. The van der Waals surface area contributed by atoms with Gasteiger partial charge in [-0.2, -0.15) is 0 Å². The van der Waals surface area contributed by atoms with Gasteiger partial charge in [0, 0.05) is 22.1 Å². The van der Waals surface area contributed by atoms with Crippen molar-refractivity contribution in [3.05, 3.63) is 33.8 Å². The summed E-state index contributed by atoms with van der Waals surface area (Å²) in [5.74, 6) is -4.42. The summed E-state index contributed by atoms with van der Waals surface area (Å²) in [4.78, 5) is 26.2. The van der Waals surface area contributed by atoms with Gasteiger partial charge >= 0.3 is 0 Å². The summed E-state index contributed by atoms with van der Waals surface area (Å²) in [7, 11) is 1.15. The lowest BCUT2D eigenvalue weighted by Crippen LogP contribution is -2.53. The number of ketones is 2. The Morgan fingerprint density at radius 1 is 1.04 bits per heavy atom. The van der Waals surface area contributed by atoms with Gasteiger partial charge < -0.3 is 29.9 Å². The van der Waals surface area contributed by atoms with E-state index in [1.54, 1.807) is 20.8 Å². The minimum atomic E-state index is -2.15. The molecule has 0 aromatic heterocycles. The van der Waals surface area contributed by atoms with Crippen molar-refractivity contribution >= 4 is 17.1 Å². The first-order valence-corrected chi connectivity index (χ1v) is 8.72. The number of fused-ring (bicyclic) bond motifs is 1. The van der Waals surface area contributed by atoms with Crippen molar-refractivity contribution in [2.24, 2.45) is 5.41 Å². The van der Waals surface area contributed by atoms with E-state index in [0.717, 1.165) is 7.11 Å². The molecule has 0 radical (unpaired) electrons. The van der Waals surface area contributed by atoms with Crippen molar-refractivity contribution in [2.75, 3.05) is 7.11 Å². The molecule has 1 aromatic rings. The van der Waals surface area contributed by atoms with Crippen LogP contribution in [0.2, 0.25) is 0 Å². The zero-order valence-electron chi connectivity index (χ0n) is 16.0. The van der Waals surface area contributed by atoms with E-state index in [0.29, 0.717) is 0 Å². The summed E-state index contributed by atoms with van der Waals surface area (Å²) in [6, 6.07) is 0. The summed E-state index contributed by atoms with van der Waals surface area (Å²) in [5, 5.41) is 43.1. The summed E-state index contributed by atoms with van der Waals surface area (Å²) < 4.78 is 10.8. The van der Waals surface area contributed by atoms with E-state index >= 15 is 0 Å². The van der Waals surface area contributed by atoms with Crippen LogP contribution in [0, 0.1) is 5.41 Å². The summed E-state index contributed by atoms with van der Waals surface area (Å²) >= 11 is 0. The largest absolute Gasteiger partial charge is 0.504 e. The average Bonchev–Trinajstić information content (AvgIpc) is 2.81. The Hall–Kier alpha value is -3.00. The minimum absolute atomic E-state index is 0.0774. The third-order valence-electron chi connectivity index (χ3n) is 6.39. The molecule has 8 nitrogen and oxygen atoms in total. The van der Waals surface area contributed by atoms with E-state index in [1.165, 1.54) is 6.92 Å². The van der Waals surface area contributed by atoms with E-state index in [9.17, 15) is 30.0 Å². The van der Waals surface area contributed by atoms with Gasteiger partial charge in [0.2, 0.25) is 17.3 Å². The number of Topliss-reactive ketones (excluding diaryl/α,β-unsaturated/α-hetero) is 2. The molecule has 4 rings (SSSR count). The molecule has 8 heteroatoms. The van der Waals surface area contributed by atoms with Crippen molar-refractivity contribution in [2.45, 2.75) is 39.4 Å². The number of rotatable bonds is 1. The van der Waals surface area contributed by atoms with E-state index in [4.69, 9.17) is 9.47 Å². The Labute approximate surface area is 160 Å². The number of ether oxygens (including phenoxy) is 2. The van der Waals surface area contributed by atoms with Gasteiger partial charge in [-0.1, -0.05) is 13.8 Å². The first-order valence-electron chi connectivity index (χ1n) is 8.72. The van der Waals surface area contributed by atoms with Crippen LogP contribution in [0.4, 0.5) is 0 Å². The second kappa shape index (κ2) is 5.08. The van der Waals surface area contributed by atoms with Crippen LogP contribution in [0.5, 0.6) is 17.2 Å². The molecule has 0 spiro atoms. The van der Waals surface area contributed by atoms with Crippen molar-refractivity contribution in [3.8, 4) is 17.2 Å². The van der Waals surface area contributed by atoms with E-state index in [1.807, 2.05) is 0 Å². The lowest BCUT2D eigenvalue weighted by Gasteiger charge is -2.39. The Kier molecular flexibility index (Phi) is 3.33. The number of carbonyl (C=O) groups excluding carboxylic acids is 2. The van der Waals surface area contributed by atoms with Gasteiger partial charge in [-0.3, -0.25) is 9.59 Å². The number of aliphatic hydroxyl groups excluding tert-OH is 1. The monoisotopic (exact) mass is 388 g/mol. The first-order chi connectivity index (χ1) is 12.9. The molecule has 2 aliphatic carbocycles. The third-order valence-corrected chi connectivity index (χ3v) is 6.39. The van der Waals surface area contributed by atoms with Crippen LogP contribution in [0.3, 0.4) is 0 Å². The van der Waals surface area contributed by atoms with Gasteiger partial charge in [0.25, 0.3) is 0 Å². The Morgan fingerprint density at radius 2 is 1.61 bits per heavy atom. The van der Waals surface area contributed by atoms with Crippen LogP contribution in [-0.2, 0) is 4.74 Å². The molecule has 2 atom stereocenters. The van der Waals surface area contributed by atoms with Crippen molar-refractivity contribution < 1.29 is 39.5 Å². The topological polar surface area (TPSA) is 134 Å². The van der Waals surface area contributed by atoms with E-state index in [-0.39, 0.29) is 33.6 Å². The maximum absolute atomic E-state index is 13.5. The molecule has 0 amide bonds. The second-order valence-electron chi connectivity index (χ2n) is 7.88. The van der Waals surface area contributed by atoms with Crippen LogP contribution in [-0.4, -0.2) is 50.8 Å². The lowest BCUT2D eigenvalue weighted by atomic mass is 9.63. The zero-order chi connectivity index (χ0) is 20.9. The molecule has 1 aliphatic heterocycles.